The first-order valence-corrected chi connectivity index (χ1v) is 7.98. The van der Waals surface area contributed by atoms with Crippen molar-refractivity contribution in [2.24, 2.45) is 0 Å². The zero-order valence-electron chi connectivity index (χ0n) is 14.8. The number of carbonyl (C=O) groups excluding carboxylic acids is 2. The van der Waals surface area contributed by atoms with E-state index in [1.165, 1.54) is 19.2 Å². The van der Waals surface area contributed by atoms with Gasteiger partial charge in [0.15, 0.2) is 11.5 Å². The van der Waals surface area contributed by atoms with E-state index in [1.54, 1.807) is 0 Å². The van der Waals surface area contributed by atoms with Crippen molar-refractivity contribution in [1.82, 2.24) is 5.32 Å². The largest absolute Gasteiger partial charge is 0.493 e. The van der Waals surface area contributed by atoms with Gasteiger partial charge in [-0.3, -0.25) is 9.59 Å². The molecule has 11 heteroatoms. The third-order valence-corrected chi connectivity index (χ3v) is 3.55. The van der Waals surface area contributed by atoms with Gasteiger partial charge in [0.2, 0.25) is 5.91 Å². The normalized spacial score (nSPS) is 11.1. The quantitative estimate of drug-likeness (QED) is 0.673. The molecule has 0 aliphatic carbocycles. The van der Waals surface area contributed by atoms with Crippen LogP contribution in [-0.2, 0) is 11.0 Å². The van der Waals surface area contributed by atoms with Crippen LogP contribution in [0.5, 0.6) is 11.5 Å². The van der Waals surface area contributed by atoms with Crippen molar-refractivity contribution < 1.29 is 41.0 Å². The summed E-state index contributed by atoms with van der Waals surface area (Å²) in [7, 11) is 1.25. The second kappa shape index (κ2) is 9.22. The first-order valence-electron chi connectivity index (χ1n) is 7.98. The molecule has 2 aromatic carbocycles. The number of nitrogens with one attached hydrogen (secondary N) is 2. The number of halogens is 5. The van der Waals surface area contributed by atoms with Gasteiger partial charge >= 0.3 is 12.8 Å². The van der Waals surface area contributed by atoms with Crippen LogP contribution in [0.1, 0.15) is 15.9 Å². The van der Waals surface area contributed by atoms with E-state index in [0.29, 0.717) is 0 Å². The highest BCUT2D eigenvalue weighted by Gasteiger charge is 2.30. The van der Waals surface area contributed by atoms with Crippen LogP contribution < -0.4 is 20.1 Å². The van der Waals surface area contributed by atoms with Crippen molar-refractivity contribution in [3.63, 3.8) is 0 Å². The average Bonchev–Trinajstić information content (AvgIpc) is 2.65. The van der Waals surface area contributed by atoms with Gasteiger partial charge in [-0.25, -0.2) is 0 Å². The standard InChI is InChI=1S/C18H15F5N2O4/c1-28-13-7-6-12(8-14(13)29-17(19)20)25-15(26)9-24-16(27)10-2-4-11(5-3-10)18(21,22)23/h2-8,17H,9H2,1H3,(H,24,27)(H,25,26). The molecule has 156 valence electrons. The first kappa shape index (κ1) is 21.9. The van der Waals surface area contributed by atoms with Crippen molar-refractivity contribution >= 4 is 17.5 Å². The predicted octanol–water partition coefficient (Wildman–Crippen LogP) is 3.68. The summed E-state index contributed by atoms with van der Waals surface area (Å²) in [5.74, 6) is -1.73. The Bertz CT molecular complexity index is 870. The summed E-state index contributed by atoms with van der Waals surface area (Å²) in [6.07, 6.45) is -4.53. The van der Waals surface area contributed by atoms with Gasteiger partial charge in [-0.15, -0.1) is 0 Å². The van der Waals surface area contributed by atoms with Crippen molar-refractivity contribution in [3.05, 3.63) is 53.6 Å². The molecule has 6 nitrogen and oxygen atoms in total. The van der Waals surface area contributed by atoms with Gasteiger partial charge in [0, 0.05) is 17.3 Å². The van der Waals surface area contributed by atoms with E-state index in [-0.39, 0.29) is 22.7 Å². The number of methoxy groups -OCH3 is 1. The third kappa shape index (κ3) is 6.33. The van der Waals surface area contributed by atoms with Gasteiger partial charge < -0.3 is 20.1 Å². The molecule has 2 N–H and O–H groups in total. The van der Waals surface area contributed by atoms with E-state index in [2.05, 4.69) is 15.4 Å². The molecule has 0 saturated carbocycles. The van der Waals surface area contributed by atoms with Crippen LogP contribution in [0.15, 0.2) is 42.5 Å². The Kier molecular flexibility index (Phi) is 6.97. The van der Waals surface area contributed by atoms with E-state index < -0.39 is 36.7 Å². The van der Waals surface area contributed by atoms with Gasteiger partial charge in [0.1, 0.15) is 0 Å². The Morgan fingerprint density at radius 2 is 1.69 bits per heavy atom. The second-order valence-corrected chi connectivity index (χ2v) is 5.55. The molecule has 0 spiro atoms. The summed E-state index contributed by atoms with van der Waals surface area (Å²) in [5, 5.41) is 4.60. The Balaban J connectivity index is 1.95. The number of ether oxygens (including phenoxy) is 2. The molecule has 0 atom stereocenters. The lowest BCUT2D eigenvalue weighted by Crippen LogP contribution is -2.32. The predicted molar refractivity (Wildman–Crippen MR) is 92.0 cm³/mol. The molecule has 2 aromatic rings. The lowest BCUT2D eigenvalue weighted by Gasteiger charge is -2.12. The highest BCUT2D eigenvalue weighted by atomic mass is 19.4. The molecule has 2 amide bonds. The summed E-state index contributed by atoms with van der Waals surface area (Å²) in [6, 6.07) is 7.23. The fraction of sp³-hybridized carbons (Fsp3) is 0.222. The molecule has 29 heavy (non-hydrogen) atoms. The van der Waals surface area contributed by atoms with Crippen LogP contribution in [0.2, 0.25) is 0 Å². The maximum Gasteiger partial charge on any atom is 0.416 e. The Morgan fingerprint density at radius 3 is 2.24 bits per heavy atom. The number of alkyl halides is 5. The fourth-order valence-electron chi connectivity index (χ4n) is 2.22. The zero-order chi connectivity index (χ0) is 21.6. The van der Waals surface area contributed by atoms with Crippen LogP contribution in [0.4, 0.5) is 27.6 Å². The Labute approximate surface area is 161 Å². The molecule has 0 fully saturated rings. The lowest BCUT2D eigenvalue weighted by atomic mass is 10.1. The van der Waals surface area contributed by atoms with Crippen LogP contribution in [-0.4, -0.2) is 32.1 Å². The number of hydrogen-bond acceptors (Lipinski definition) is 4. The Morgan fingerprint density at radius 1 is 1.03 bits per heavy atom. The summed E-state index contributed by atoms with van der Waals surface area (Å²) < 4.78 is 71.5. The van der Waals surface area contributed by atoms with Gasteiger partial charge in [0.05, 0.1) is 19.2 Å². The number of carbonyl (C=O) groups is 2. The second-order valence-electron chi connectivity index (χ2n) is 5.55. The maximum atomic E-state index is 12.5. The minimum atomic E-state index is -4.53. The van der Waals surface area contributed by atoms with Crippen molar-refractivity contribution in [2.45, 2.75) is 12.8 Å². The molecular formula is C18H15F5N2O4. The van der Waals surface area contributed by atoms with Gasteiger partial charge in [-0.1, -0.05) is 0 Å². The number of anilines is 1. The SMILES string of the molecule is COc1ccc(NC(=O)CNC(=O)c2ccc(C(F)(F)F)cc2)cc1OC(F)F. The van der Waals surface area contributed by atoms with E-state index in [1.807, 2.05) is 0 Å². The highest BCUT2D eigenvalue weighted by molar-refractivity contribution is 5.99. The molecule has 2 rings (SSSR count). The maximum absolute atomic E-state index is 12.5. The fourth-order valence-corrected chi connectivity index (χ4v) is 2.22. The minimum absolute atomic E-state index is 0.0268. The summed E-state index contributed by atoms with van der Waals surface area (Å²) in [4.78, 5) is 23.9. The third-order valence-electron chi connectivity index (χ3n) is 3.55. The Hall–Kier alpha value is -3.37. The van der Waals surface area contributed by atoms with Crippen molar-refractivity contribution in [2.75, 3.05) is 19.0 Å². The van der Waals surface area contributed by atoms with Crippen LogP contribution in [0.3, 0.4) is 0 Å². The van der Waals surface area contributed by atoms with E-state index in [0.717, 1.165) is 30.3 Å². The van der Waals surface area contributed by atoms with Crippen LogP contribution in [0, 0.1) is 0 Å². The van der Waals surface area contributed by atoms with Crippen LogP contribution in [0.25, 0.3) is 0 Å². The number of amides is 2. The smallest absolute Gasteiger partial charge is 0.416 e. The van der Waals surface area contributed by atoms with E-state index in [4.69, 9.17) is 4.74 Å². The monoisotopic (exact) mass is 418 g/mol. The summed E-state index contributed by atoms with van der Waals surface area (Å²) in [5.41, 5.74) is -0.869. The molecule has 0 saturated heterocycles. The molecule has 0 heterocycles. The summed E-state index contributed by atoms with van der Waals surface area (Å²) in [6.45, 7) is -3.60. The molecule has 0 bridgehead atoms. The highest BCUT2D eigenvalue weighted by Crippen LogP contribution is 2.31. The van der Waals surface area contributed by atoms with E-state index >= 15 is 0 Å². The van der Waals surface area contributed by atoms with Gasteiger partial charge in [0.25, 0.3) is 5.91 Å². The van der Waals surface area contributed by atoms with E-state index in [9.17, 15) is 31.5 Å². The zero-order valence-corrected chi connectivity index (χ0v) is 14.8. The van der Waals surface area contributed by atoms with Crippen LogP contribution >= 0.6 is 0 Å². The molecule has 0 aliphatic rings. The number of hydrogen-bond donors (Lipinski definition) is 2. The van der Waals surface area contributed by atoms with Gasteiger partial charge in [-0.2, -0.15) is 22.0 Å². The number of rotatable bonds is 7. The molecular weight excluding hydrogens is 403 g/mol. The van der Waals surface area contributed by atoms with Gasteiger partial charge in [-0.05, 0) is 36.4 Å². The summed E-state index contributed by atoms with van der Waals surface area (Å²) >= 11 is 0. The number of benzene rings is 2. The molecule has 0 aliphatic heterocycles. The average molecular weight is 418 g/mol. The first-order chi connectivity index (χ1) is 13.6. The minimum Gasteiger partial charge on any atom is -0.493 e. The van der Waals surface area contributed by atoms with Crippen molar-refractivity contribution in [3.8, 4) is 11.5 Å². The molecule has 0 radical (unpaired) electrons. The molecule has 0 aromatic heterocycles. The topological polar surface area (TPSA) is 76.7 Å². The van der Waals surface area contributed by atoms with Crippen molar-refractivity contribution in [1.29, 1.82) is 0 Å². The molecule has 0 unspecified atom stereocenters. The lowest BCUT2D eigenvalue weighted by molar-refractivity contribution is -0.137.